The molecule has 0 radical (unpaired) electrons. The summed E-state index contributed by atoms with van der Waals surface area (Å²) < 4.78 is 11.9. The molecule has 0 aliphatic carbocycles. The molecule has 3 aliphatic rings. The minimum Gasteiger partial charge on any atom is -0.508 e. The van der Waals surface area contributed by atoms with Crippen LogP contribution in [0.4, 0.5) is 0 Å². The molecule has 3 aromatic carbocycles. The van der Waals surface area contributed by atoms with Crippen LogP contribution in [0.15, 0.2) is 54.6 Å². The van der Waals surface area contributed by atoms with Crippen molar-refractivity contribution < 1.29 is 29.3 Å². The van der Waals surface area contributed by atoms with Crippen molar-refractivity contribution >= 4 is 30.4 Å². The molecule has 0 unspecified atom stereocenters. The van der Waals surface area contributed by atoms with E-state index in [4.69, 9.17) is 9.47 Å². The first-order chi connectivity index (χ1) is 17.5. The fraction of sp³-hybridized carbons (Fsp3) is 0.333. The van der Waals surface area contributed by atoms with Gasteiger partial charge in [-0.2, -0.15) is 0 Å². The highest BCUT2D eigenvalue weighted by molar-refractivity contribution is 7.03. The number of hydrogen-bond donors (Lipinski definition) is 2. The van der Waals surface area contributed by atoms with Crippen LogP contribution in [-0.2, 0) is 15.1 Å². The van der Waals surface area contributed by atoms with Crippen LogP contribution in [-0.4, -0.2) is 35.8 Å². The lowest BCUT2D eigenvalue weighted by Crippen LogP contribution is -2.67. The summed E-state index contributed by atoms with van der Waals surface area (Å²) in [6, 6.07) is 17.8. The Labute approximate surface area is 216 Å². The maximum absolute atomic E-state index is 13.5. The molecule has 0 saturated carbocycles. The van der Waals surface area contributed by atoms with Gasteiger partial charge >= 0.3 is 11.9 Å². The average Bonchev–Trinajstić information content (AvgIpc) is 3.15. The highest BCUT2D eigenvalue weighted by Gasteiger charge is 2.58. The Morgan fingerprint density at radius 1 is 0.865 bits per heavy atom. The Bertz CT molecular complexity index is 1410. The van der Waals surface area contributed by atoms with E-state index >= 15 is 0 Å². The Hall–Kier alpha value is -3.58. The van der Waals surface area contributed by atoms with Gasteiger partial charge in [0.2, 0.25) is 0 Å². The van der Waals surface area contributed by atoms with Crippen LogP contribution in [0.25, 0.3) is 0 Å². The van der Waals surface area contributed by atoms with Crippen LogP contribution in [0.2, 0.25) is 12.1 Å². The van der Waals surface area contributed by atoms with Crippen molar-refractivity contribution in [1.29, 1.82) is 0 Å². The van der Waals surface area contributed by atoms with Gasteiger partial charge in [0, 0.05) is 16.7 Å². The normalized spacial score (nSPS) is 18.6. The largest absolute Gasteiger partial charge is 0.508 e. The van der Waals surface area contributed by atoms with Crippen molar-refractivity contribution in [3.05, 3.63) is 82.4 Å². The summed E-state index contributed by atoms with van der Waals surface area (Å²) in [7, 11) is -2.35. The topological polar surface area (TPSA) is 93.1 Å². The second-order valence-electron chi connectivity index (χ2n) is 11.4. The molecule has 7 heteroatoms. The van der Waals surface area contributed by atoms with E-state index < -0.39 is 31.2 Å². The smallest absolute Gasteiger partial charge is 0.340 e. The molecule has 6 nitrogen and oxygen atoms in total. The zero-order valence-corrected chi connectivity index (χ0v) is 22.3. The predicted molar refractivity (Wildman–Crippen MR) is 142 cm³/mol. The van der Waals surface area contributed by atoms with Gasteiger partial charge in [-0.3, -0.25) is 0 Å². The van der Waals surface area contributed by atoms with Crippen LogP contribution in [0.1, 0.15) is 77.4 Å². The van der Waals surface area contributed by atoms with Crippen LogP contribution >= 0.6 is 0 Å². The maximum atomic E-state index is 13.5. The van der Waals surface area contributed by atoms with Gasteiger partial charge in [-0.1, -0.05) is 37.5 Å². The molecule has 3 heterocycles. The van der Waals surface area contributed by atoms with Crippen LogP contribution in [0, 0.1) is 0 Å². The number of hydrogen-bond acceptors (Lipinski definition) is 6. The summed E-state index contributed by atoms with van der Waals surface area (Å²) in [6.07, 6.45) is 3.32. The third kappa shape index (κ3) is 3.44. The number of aromatic hydroxyl groups is 2. The quantitative estimate of drug-likeness (QED) is 0.365. The Morgan fingerprint density at radius 2 is 1.43 bits per heavy atom. The first-order valence-corrected chi connectivity index (χ1v) is 15.3. The number of benzene rings is 3. The molecule has 3 aliphatic heterocycles. The summed E-state index contributed by atoms with van der Waals surface area (Å²) in [6.45, 7) is 5.40. The predicted octanol–water partition coefficient (Wildman–Crippen LogP) is 4.58. The zero-order valence-electron chi connectivity index (χ0n) is 21.3. The third-order valence-corrected chi connectivity index (χ3v) is 13.3. The van der Waals surface area contributed by atoms with Crippen molar-refractivity contribution in [3.8, 4) is 11.5 Å². The standard InChI is InChI=1S/C30H30O6Si/c1-29(2,3)35-27(33)18-7-10-22-21(15-18)28(34)36-30(22)23-11-8-19(31)16-25(23)37(13-5-4-6-14-37)26-17-20(32)9-12-24(26)30/h7-12,15-17,31-32H,4-6,13-14H2,1-3H3. The van der Waals surface area contributed by atoms with Gasteiger partial charge in [0.05, 0.1) is 11.1 Å². The van der Waals surface area contributed by atoms with E-state index in [1.54, 1.807) is 51.1 Å². The number of carbonyl (C=O) groups excluding carboxylic acids is 2. The van der Waals surface area contributed by atoms with E-state index in [2.05, 4.69) is 0 Å². The monoisotopic (exact) mass is 514 g/mol. The zero-order chi connectivity index (χ0) is 26.2. The fourth-order valence-corrected chi connectivity index (χ4v) is 12.3. The maximum Gasteiger partial charge on any atom is 0.340 e. The summed E-state index contributed by atoms with van der Waals surface area (Å²) >= 11 is 0. The SMILES string of the molecule is CC(C)(C)OC(=O)c1ccc2c(c1)C(=O)OC21c2ccc(O)cc2[Si]2(CCCCC2)c2cc(O)ccc21. The van der Waals surface area contributed by atoms with E-state index in [1.165, 1.54) is 0 Å². The second kappa shape index (κ2) is 7.96. The summed E-state index contributed by atoms with van der Waals surface area (Å²) in [5.74, 6) is -0.656. The molecule has 3 aromatic rings. The van der Waals surface area contributed by atoms with Crippen LogP contribution in [0.5, 0.6) is 11.5 Å². The molecule has 6 rings (SSSR count). The van der Waals surface area contributed by atoms with E-state index in [-0.39, 0.29) is 17.1 Å². The van der Waals surface area contributed by atoms with Crippen molar-refractivity contribution in [2.75, 3.05) is 0 Å². The minimum atomic E-state index is -2.35. The van der Waals surface area contributed by atoms with Gasteiger partial charge in [0.15, 0.2) is 5.60 Å². The van der Waals surface area contributed by atoms with Gasteiger partial charge in [-0.05, 0) is 79.6 Å². The molecule has 0 amide bonds. The molecular weight excluding hydrogens is 484 g/mol. The fourth-order valence-electron chi connectivity index (χ4n) is 6.59. The second-order valence-corrected chi connectivity index (χ2v) is 15.7. The number of esters is 2. The van der Waals surface area contributed by atoms with Crippen LogP contribution in [0.3, 0.4) is 0 Å². The molecule has 0 aromatic heterocycles. The molecule has 1 fully saturated rings. The molecule has 0 atom stereocenters. The van der Waals surface area contributed by atoms with Gasteiger partial charge < -0.3 is 19.7 Å². The van der Waals surface area contributed by atoms with Crippen molar-refractivity contribution in [3.63, 3.8) is 0 Å². The highest BCUT2D eigenvalue weighted by Crippen LogP contribution is 2.51. The van der Waals surface area contributed by atoms with Crippen molar-refractivity contribution in [1.82, 2.24) is 0 Å². The van der Waals surface area contributed by atoms with E-state index in [0.29, 0.717) is 11.1 Å². The molecule has 37 heavy (non-hydrogen) atoms. The van der Waals surface area contributed by atoms with E-state index in [0.717, 1.165) is 52.9 Å². The van der Waals surface area contributed by atoms with Gasteiger partial charge in [-0.25, -0.2) is 9.59 Å². The molecule has 1 saturated heterocycles. The van der Waals surface area contributed by atoms with Crippen LogP contribution < -0.4 is 10.4 Å². The number of carbonyl (C=O) groups is 2. The number of phenolic OH excluding ortho intramolecular Hbond substituents is 2. The Balaban J connectivity index is 1.62. The van der Waals surface area contributed by atoms with Crippen molar-refractivity contribution in [2.45, 2.75) is 63.3 Å². The lowest BCUT2D eigenvalue weighted by atomic mass is 9.79. The number of fused-ring (bicyclic) bond motifs is 8. The Kier molecular flexibility index (Phi) is 5.12. The van der Waals surface area contributed by atoms with Gasteiger partial charge in [0.25, 0.3) is 0 Å². The van der Waals surface area contributed by atoms with E-state index in [9.17, 15) is 19.8 Å². The highest BCUT2D eigenvalue weighted by atomic mass is 28.3. The number of phenols is 2. The van der Waals surface area contributed by atoms with E-state index in [1.807, 2.05) is 24.3 Å². The Morgan fingerprint density at radius 3 is 2.00 bits per heavy atom. The van der Waals surface area contributed by atoms with Crippen molar-refractivity contribution in [2.24, 2.45) is 0 Å². The minimum absolute atomic E-state index is 0.180. The lowest BCUT2D eigenvalue weighted by Gasteiger charge is -2.48. The number of ether oxygens (including phenoxy) is 2. The molecule has 2 spiro atoms. The third-order valence-electron chi connectivity index (χ3n) is 8.00. The summed E-state index contributed by atoms with van der Waals surface area (Å²) in [4.78, 5) is 26.2. The molecule has 190 valence electrons. The number of rotatable bonds is 1. The summed E-state index contributed by atoms with van der Waals surface area (Å²) in [5, 5.41) is 23.3. The molecular formula is C30H30O6Si. The lowest BCUT2D eigenvalue weighted by molar-refractivity contribution is 0.00691. The first kappa shape index (κ1) is 23.8. The first-order valence-electron chi connectivity index (χ1n) is 12.8. The van der Waals surface area contributed by atoms with Gasteiger partial charge in [0.1, 0.15) is 25.2 Å². The summed E-state index contributed by atoms with van der Waals surface area (Å²) in [5.41, 5.74) is 1.12. The molecule has 2 N–H and O–H groups in total. The van der Waals surface area contributed by atoms with Gasteiger partial charge in [-0.15, -0.1) is 0 Å². The molecule has 0 bridgehead atoms. The average molecular weight is 515 g/mol.